The van der Waals surface area contributed by atoms with Crippen LogP contribution in [0.15, 0.2) is 35.2 Å². The van der Waals surface area contributed by atoms with Gasteiger partial charge in [0.25, 0.3) is 0 Å². The molecule has 0 amide bonds. The largest absolute Gasteiger partial charge is 0.394 e. The van der Waals surface area contributed by atoms with Gasteiger partial charge in [0.1, 0.15) is 0 Å². The van der Waals surface area contributed by atoms with Crippen molar-refractivity contribution >= 4 is 10.0 Å². The Morgan fingerprint density at radius 2 is 1.65 bits per heavy atom. The lowest BCUT2D eigenvalue weighted by Gasteiger charge is -2.26. The van der Waals surface area contributed by atoms with Crippen molar-refractivity contribution in [2.45, 2.75) is 30.4 Å². The van der Waals surface area contributed by atoms with Gasteiger partial charge in [-0.15, -0.1) is 0 Å². The molecule has 0 aliphatic rings. The van der Waals surface area contributed by atoms with Crippen LogP contribution in [0.4, 0.5) is 0 Å². The van der Waals surface area contributed by atoms with E-state index in [9.17, 15) is 18.6 Å². The third-order valence-corrected chi connectivity index (χ3v) is 4.74. The standard InChI is InChI=1S/C13H21NO5S/c1-2-11(16)8-14(9-12(17)10-15)20(18,19)13-6-4-3-5-7-13/h3-7,11-12,15-17H,2,8-10H2,1H3. The van der Waals surface area contributed by atoms with Crippen molar-refractivity contribution in [1.29, 1.82) is 0 Å². The molecule has 1 aromatic carbocycles. The maximum Gasteiger partial charge on any atom is 0.243 e. The molecule has 6 nitrogen and oxygen atoms in total. The molecule has 7 heteroatoms. The van der Waals surface area contributed by atoms with E-state index in [0.29, 0.717) is 6.42 Å². The smallest absolute Gasteiger partial charge is 0.243 e. The van der Waals surface area contributed by atoms with Crippen molar-refractivity contribution in [3.63, 3.8) is 0 Å². The van der Waals surface area contributed by atoms with Crippen molar-refractivity contribution in [3.8, 4) is 0 Å². The van der Waals surface area contributed by atoms with Crippen LogP contribution in [0.5, 0.6) is 0 Å². The van der Waals surface area contributed by atoms with Crippen molar-refractivity contribution in [2.75, 3.05) is 19.7 Å². The van der Waals surface area contributed by atoms with E-state index in [4.69, 9.17) is 5.11 Å². The summed E-state index contributed by atoms with van der Waals surface area (Å²) in [7, 11) is -3.81. The molecule has 3 N–H and O–H groups in total. The Morgan fingerprint density at radius 1 is 1.10 bits per heavy atom. The van der Waals surface area contributed by atoms with Gasteiger partial charge in [-0.05, 0) is 18.6 Å². The number of hydrogen-bond acceptors (Lipinski definition) is 5. The molecule has 0 heterocycles. The third kappa shape index (κ3) is 4.53. The van der Waals surface area contributed by atoms with Gasteiger partial charge in [-0.2, -0.15) is 4.31 Å². The van der Waals surface area contributed by atoms with Crippen molar-refractivity contribution in [2.24, 2.45) is 0 Å². The Labute approximate surface area is 119 Å². The quantitative estimate of drug-likeness (QED) is 0.618. The second-order valence-electron chi connectivity index (χ2n) is 4.53. The van der Waals surface area contributed by atoms with E-state index in [2.05, 4.69) is 0 Å². The number of hydrogen-bond donors (Lipinski definition) is 3. The number of benzene rings is 1. The van der Waals surface area contributed by atoms with Gasteiger partial charge in [0.15, 0.2) is 0 Å². The topological polar surface area (TPSA) is 98.1 Å². The average Bonchev–Trinajstić information content (AvgIpc) is 2.46. The second-order valence-corrected chi connectivity index (χ2v) is 6.47. The van der Waals surface area contributed by atoms with Crippen LogP contribution in [0.1, 0.15) is 13.3 Å². The van der Waals surface area contributed by atoms with Crippen LogP contribution in [-0.4, -0.2) is 59.9 Å². The maximum absolute atomic E-state index is 12.5. The molecule has 1 aromatic rings. The van der Waals surface area contributed by atoms with E-state index < -0.39 is 28.8 Å². The summed E-state index contributed by atoms with van der Waals surface area (Å²) in [6.45, 7) is 0.819. The molecule has 1 rings (SSSR count). The van der Waals surface area contributed by atoms with Crippen LogP contribution in [0.2, 0.25) is 0 Å². The molecule has 20 heavy (non-hydrogen) atoms. The number of rotatable bonds is 8. The summed E-state index contributed by atoms with van der Waals surface area (Å²) in [5, 5.41) is 28.0. The summed E-state index contributed by atoms with van der Waals surface area (Å²) in [6.07, 6.45) is -1.60. The van der Waals surface area contributed by atoms with Crippen LogP contribution < -0.4 is 0 Å². The highest BCUT2D eigenvalue weighted by Gasteiger charge is 2.27. The predicted molar refractivity (Wildman–Crippen MR) is 74.6 cm³/mol. The zero-order valence-electron chi connectivity index (χ0n) is 11.4. The average molecular weight is 303 g/mol. The van der Waals surface area contributed by atoms with E-state index in [0.717, 1.165) is 4.31 Å². The molecule has 0 saturated heterocycles. The summed E-state index contributed by atoms with van der Waals surface area (Å²) in [5.41, 5.74) is 0. The van der Waals surface area contributed by atoms with Crippen LogP contribution in [-0.2, 0) is 10.0 Å². The molecule has 2 atom stereocenters. The Bertz CT molecular complexity index is 479. The Balaban J connectivity index is 3.02. The first-order valence-corrected chi connectivity index (χ1v) is 7.88. The van der Waals surface area contributed by atoms with Gasteiger partial charge < -0.3 is 15.3 Å². The minimum absolute atomic E-state index is 0.0912. The van der Waals surface area contributed by atoms with Gasteiger partial charge in [-0.25, -0.2) is 8.42 Å². The summed E-state index contributed by atoms with van der Waals surface area (Å²) >= 11 is 0. The van der Waals surface area contributed by atoms with Crippen LogP contribution >= 0.6 is 0 Å². The molecular formula is C13H21NO5S. The molecule has 2 unspecified atom stereocenters. The number of sulfonamides is 1. The van der Waals surface area contributed by atoms with Gasteiger partial charge in [-0.3, -0.25) is 0 Å². The lowest BCUT2D eigenvalue weighted by Crippen LogP contribution is -2.42. The Morgan fingerprint density at radius 3 is 2.15 bits per heavy atom. The molecule has 0 aromatic heterocycles. The fourth-order valence-electron chi connectivity index (χ4n) is 1.67. The van der Waals surface area contributed by atoms with Crippen molar-refractivity contribution in [3.05, 3.63) is 30.3 Å². The molecule has 0 radical (unpaired) electrons. The van der Waals surface area contributed by atoms with Gasteiger partial charge in [0, 0.05) is 13.1 Å². The molecule has 0 bridgehead atoms. The molecular weight excluding hydrogens is 282 g/mol. The fraction of sp³-hybridized carbons (Fsp3) is 0.538. The fourth-order valence-corrected chi connectivity index (χ4v) is 3.21. The summed E-state index contributed by atoms with van der Waals surface area (Å²) in [6, 6.07) is 7.80. The zero-order valence-corrected chi connectivity index (χ0v) is 12.2. The molecule has 114 valence electrons. The first kappa shape index (κ1) is 17.1. The van der Waals surface area contributed by atoms with Crippen molar-refractivity contribution < 1.29 is 23.7 Å². The van der Waals surface area contributed by atoms with E-state index >= 15 is 0 Å². The summed E-state index contributed by atoms with van der Waals surface area (Å²) < 4.78 is 25.9. The highest BCUT2D eigenvalue weighted by Crippen LogP contribution is 2.16. The molecule has 0 aliphatic heterocycles. The second kappa shape index (κ2) is 7.70. The molecule has 0 fully saturated rings. The summed E-state index contributed by atoms with van der Waals surface area (Å²) in [4.78, 5) is 0.0912. The monoisotopic (exact) mass is 303 g/mol. The minimum atomic E-state index is -3.81. The van der Waals surface area contributed by atoms with Gasteiger partial charge in [0.05, 0.1) is 23.7 Å². The van der Waals surface area contributed by atoms with Gasteiger partial charge >= 0.3 is 0 Å². The predicted octanol–water partition coefficient (Wildman–Crippen LogP) is -0.199. The van der Waals surface area contributed by atoms with Crippen LogP contribution in [0.25, 0.3) is 0 Å². The Kier molecular flexibility index (Phi) is 6.57. The zero-order chi connectivity index (χ0) is 15.2. The Hall–Kier alpha value is -0.990. The third-order valence-electron chi connectivity index (χ3n) is 2.89. The van der Waals surface area contributed by atoms with Crippen LogP contribution in [0.3, 0.4) is 0 Å². The first-order valence-electron chi connectivity index (χ1n) is 6.44. The number of nitrogens with zero attached hydrogens (tertiary/aromatic N) is 1. The van der Waals surface area contributed by atoms with Crippen molar-refractivity contribution in [1.82, 2.24) is 4.31 Å². The van der Waals surface area contributed by atoms with E-state index in [1.54, 1.807) is 25.1 Å². The number of aliphatic hydroxyl groups excluding tert-OH is 3. The maximum atomic E-state index is 12.5. The van der Waals surface area contributed by atoms with Gasteiger partial charge in [-0.1, -0.05) is 25.1 Å². The van der Waals surface area contributed by atoms with Crippen LogP contribution in [0, 0.1) is 0 Å². The highest BCUT2D eigenvalue weighted by atomic mass is 32.2. The molecule has 0 aliphatic carbocycles. The molecule has 0 saturated carbocycles. The number of aliphatic hydroxyl groups is 3. The first-order chi connectivity index (χ1) is 9.41. The SMILES string of the molecule is CCC(O)CN(CC(O)CO)S(=O)(=O)c1ccccc1. The normalized spacial score (nSPS) is 15.2. The van der Waals surface area contributed by atoms with E-state index in [-0.39, 0.29) is 18.0 Å². The lowest BCUT2D eigenvalue weighted by atomic mass is 10.2. The van der Waals surface area contributed by atoms with E-state index in [1.165, 1.54) is 12.1 Å². The van der Waals surface area contributed by atoms with Gasteiger partial charge in [0.2, 0.25) is 10.0 Å². The highest BCUT2D eigenvalue weighted by molar-refractivity contribution is 7.89. The minimum Gasteiger partial charge on any atom is -0.394 e. The summed E-state index contributed by atoms with van der Waals surface area (Å²) in [5.74, 6) is 0. The van der Waals surface area contributed by atoms with E-state index in [1.807, 2.05) is 0 Å². The lowest BCUT2D eigenvalue weighted by molar-refractivity contribution is 0.0655. The molecule has 0 spiro atoms.